The summed E-state index contributed by atoms with van der Waals surface area (Å²) in [6.45, 7) is 7.65. The Morgan fingerprint density at radius 2 is 1.57 bits per heavy atom. The molecule has 1 aromatic carbocycles. The number of rotatable bonds is 7. The van der Waals surface area contributed by atoms with Gasteiger partial charge in [0.1, 0.15) is 5.75 Å². The topological polar surface area (TPSA) is 75.9 Å². The van der Waals surface area contributed by atoms with E-state index in [0.29, 0.717) is 12.2 Å². The van der Waals surface area contributed by atoms with Crippen LogP contribution in [0.5, 0.6) is 5.75 Å². The van der Waals surface area contributed by atoms with Crippen molar-refractivity contribution in [1.29, 1.82) is 0 Å². The van der Waals surface area contributed by atoms with E-state index in [2.05, 4.69) is 4.90 Å². The van der Waals surface area contributed by atoms with Crippen molar-refractivity contribution in [2.24, 2.45) is 17.6 Å². The van der Waals surface area contributed by atoms with Crippen molar-refractivity contribution in [2.45, 2.75) is 39.0 Å². The minimum atomic E-state index is -0.417. The molecular weight excluding hydrogens is 354 g/mol. The van der Waals surface area contributed by atoms with Crippen molar-refractivity contribution in [3.05, 3.63) is 29.8 Å². The van der Waals surface area contributed by atoms with Crippen molar-refractivity contribution in [3.63, 3.8) is 0 Å². The molecule has 0 bridgehead atoms. The van der Waals surface area contributed by atoms with E-state index < -0.39 is 5.91 Å². The molecule has 1 aromatic rings. The molecule has 0 saturated carbocycles. The first kappa shape index (κ1) is 20.6. The lowest BCUT2D eigenvalue weighted by Gasteiger charge is -2.40. The first-order chi connectivity index (χ1) is 13.5. The highest BCUT2D eigenvalue weighted by Gasteiger charge is 2.29. The molecule has 154 valence electrons. The number of nitrogens with zero attached hydrogens (tertiary/aromatic N) is 2. The SMILES string of the molecule is CC(=O)N1CCC(C2CCN(CCCOc3ccc(C(N)=O)cc3)CC2)CC1. The van der Waals surface area contributed by atoms with E-state index in [1.807, 2.05) is 4.90 Å². The van der Waals surface area contributed by atoms with Crippen LogP contribution < -0.4 is 10.5 Å². The molecule has 0 unspecified atom stereocenters. The van der Waals surface area contributed by atoms with E-state index in [9.17, 15) is 9.59 Å². The standard InChI is InChI=1S/C22H33N3O3/c1-17(26)25-14-9-19(10-15-25)18-7-12-24(13-8-18)11-2-16-28-21-5-3-20(4-6-21)22(23)27/h3-6,18-19H,2,7-16H2,1H3,(H2,23,27). The molecule has 3 rings (SSSR count). The smallest absolute Gasteiger partial charge is 0.248 e. The van der Waals surface area contributed by atoms with Gasteiger partial charge in [0.15, 0.2) is 0 Å². The average molecular weight is 388 g/mol. The Kier molecular flexibility index (Phi) is 7.31. The van der Waals surface area contributed by atoms with Crippen LogP contribution in [-0.4, -0.2) is 60.9 Å². The number of carbonyl (C=O) groups excluding carboxylic acids is 2. The lowest BCUT2D eigenvalue weighted by molar-refractivity contribution is -0.130. The number of carbonyl (C=O) groups is 2. The summed E-state index contributed by atoms with van der Waals surface area (Å²) < 4.78 is 5.77. The number of amides is 2. The highest BCUT2D eigenvalue weighted by molar-refractivity contribution is 5.92. The summed E-state index contributed by atoms with van der Waals surface area (Å²) in [6, 6.07) is 6.98. The summed E-state index contributed by atoms with van der Waals surface area (Å²) in [7, 11) is 0. The maximum absolute atomic E-state index is 11.5. The van der Waals surface area contributed by atoms with Crippen LogP contribution in [-0.2, 0) is 4.79 Å². The van der Waals surface area contributed by atoms with Gasteiger partial charge in [-0.05, 0) is 81.3 Å². The molecule has 2 heterocycles. The van der Waals surface area contributed by atoms with E-state index >= 15 is 0 Å². The maximum Gasteiger partial charge on any atom is 0.248 e. The minimum Gasteiger partial charge on any atom is -0.494 e. The lowest BCUT2D eigenvalue weighted by Crippen LogP contribution is -2.42. The predicted octanol–water partition coefficient (Wildman–Crippen LogP) is 2.52. The molecule has 0 aliphatic carbocycles. The molecule has 2 fully saturated rings. The number of hydrogen-bond acceptors (Lipinski definition) is 4. The Labute approximate surface area is 168 Å². The van der Waals surface area contributed by atoms with Crippen LogP contribution in [0.4, 0.5) is 0 Å². The fourth-order valence-electron chi connectivity index (χ4n) is 4.53. The zero-order chi connectivity index (χ0) is 19.9. The van der Waals surface area contributed by atoms with Crippen molar-refractivity contribution in [1.82, 2.24) is 9.80 Å². The predicted molar refractivity (Wildman–Crippen MR) is 109 cm³/mol. The second-order valence-electron chi connectivity index (χ2n) is 8.11. The molecule has 2 aliphatic rings. The molecule has 6 nitrogen and oxygen atoms in total. The van der Waals surface area contributed by atoms with Gasteiger partial charge >= 0.3 is 0 Å². The Morgan fingerprint density at radius 3 is 2.11 bits per heavy atom. The fraction of sp³-hybridized carbons (Fsp3) is 0.636. The first-order valence-corrected chi connectivity index (χ1v) is 10.5. The molecule has 0 aromatic heterocycles. The first-order valence-electron chi connectivity index (χ1n) is 10.5. The quantitative estimate of drug-likeness (QED) is 0.730. The van der Waals surface area contributed by atoms with Gasteiger partial charge in [0.2, 0.25) is 11.8 Å². The Balaban J connectivity index is 1.29. The van der Waals surface area contributed by atoms with Gasteiger partial charge in [-0.2, -0.15) is 0 Å². The van der Waals surface area contributed by atoms with Crippen LogP contribution >= 0.6 is 0 Å². The molecule has 0 atom stereocenters. The highest BCUT2D eigenvalue weighted by atomic mass is 16.5. The van der Waals surface area contributed by atoms with Gasteiger partial charge < -0.3 is 20.3 Å². The largest absolute Gasteiger partial charge is 0.494 e. The summed E-state index contributed by atoms with van der Waals surface area (Å²) >= 11 is 0. The molecule has 0 spiro atoms. The molecule has 28 heavy (non-hydrogen) atoms. The van der Waals surface area contributed by atoms with Crippen molar-refractivity contribution < 1.29 is 14.3 Å². The molecular formula is C22H33N3O3. The minimum absolute atomic E-state index is 0.222. The van der Waals surface area contributed by atoms with E-state index in [4.69, 9.17) is 10.5 Å². The molecule has 2 aliphatic heterocycles. The maximum atomic E-state index is 11.5. The van der Waals surface area contributed by atoms with Crippen molar-refractivity contribution >= 4 is 11.8 Å². The van der Waals surface area contributed by atoms with E-state index in [1.165, 1.54) is 38.8 Å². The van der Waals surface area contributed by atoms with Gasteiger partial charge in [-0.1, -0.05) is 0 Å². The van der Waals surface area contributed by atoms with Gasteiger partial charge in [-0.3, -0.25) is 9.59 Å². The number of hydrogen-bond donors (Lipinski definition) is 1. The average Bonchev–Trinajstić information content (AvgIpc) is 2.72. The third-order valence-electron chi connectivity index (χ3n) is 6.31. The zero-order valence-electron chi connectivity index (χ0n) is 16.9. The third kappa shape index (κ3) is 5.71. The Morgan fingerprint density at radius 1 is 1.00 bits per heavy atom. The van der Waals surface area contributed by atoms with Gasteiger partial charge in [0.05, 0.1) is 6.61 Å². The van der Waals surface area contributed by atoms with Crippen LogP contribution in [0.3, 0.4) is 0 Å². The Hall–Kier alpha value is -2.08. The number of nitrogens with two attached hydrogens (primary N) is 1. The number of primary amides is 1. The van der Waals surface area contributed by atoms with Crippen LogP contribution in [0, 0.1) is 11.8 Å². The van der Waals surface area contributed by atoms with Gasteiger partial charge in [-0.25, -0.2) is 0 Å². The van der Waals surface area contributed by atoms with Gasteiger partial charge in [0, 0.05) is 32.1 Å². The van der Waals surface area contributed by atoms with Crippen LogP contribution in [0.1, 0.15) is 49.4 Å². The number of benzene rings is 1. The summed E-state index contributed by atoms with van der Waals surface area (Å²) in [4.78, 5) is 27.1. The summed E-state index contributed by atoms with van der Waals surface area (Å²) in [6.07, 6.45) is 5.90. The third-order valence-corrected chi connectivity index (χ3v) is 6.31. The second-order valence-corrected chi connectivity index (χ2v) is 8.11. The van der Waals surface area contributed by atoms with Crippen molar-refractivity contribution in [2.75, 3.05) is 39.3 Å². The lowest BCUT2D eigenvalue weighted by atomic mass is 9.79. The van der Waals surface area contributed by atoms with E-state index in [0.717, 1.165) is 43.6 Å². The van der Waals surface area contributed by atoms with Crippen molar-refractivity contribution in [3.8, 4) is 5.75 Å². The van der Waals surface area contributed by atoms with Crippen LogP contribution in [0.2, 0.25) is 0 Å². The summed E-state index contributed by atoms with van der Waals surface area (Å²) in [5.74, 6) is 2.20. The Bertz CT molecular complexity index is 645. The van der Waals surface area contributed by atoms with Crippen LogP contribution in [0.15, 0.2) is 24.3 Å². The number of likely N-dealkylation sites (tertiary alicyclic amines) is 2. The molecule has 0 radical (unpaired) electrons. The van der Waals surface area contributed by atoms with Gasteiger partial charge in [0.25, 0.3) is 0 Å². The molecule has 2 amide bonds. The van der Waals surface area contributed by atoms with E-state index in [1.54, 1.807) is 31.2 Å². The molecule has 6 heteroatoms. The van der Waals surface area contributed by atoms with E-state index in [-0.39, 0.29) is 5.91 Å². The number of piperidine rings is 2. The molecule has 2 N–H and O–H groups in total. The molecule has 2 saturated heterocycles. The zero-order valence-corrected chi connectivity index (χ0v) is 16.9. The van der Waals surface area contributed by atoms with Gasteiger partial charge in [-0.15, -0.1) is 0 Å². The van der Waals surface area contributed by atoms with Crippen LogP contribution in [0.25, 0.3) is 0 Å². The number of ether oxygens (including phenoxy) is 1. The summed E-state index contributed by atoms with van der Waals surface area (Å²) in [5.41, 5.74) is 5.74. The second kappa shape index (κ2) is 9.92. The summed E-state index contributed by atoms with van der Waals surface area (Å²) in [5, 5.41) is 0. The highest BCUT2D eigenvalue weighted by Crippen LogP contribution is 2.32. The normalized spacial score (nSPS) is 19.5. The fourth-order valence-corrected chi connectivity index (χ4v) is 4.53. The monoisotopic (exact) mass is 387 g/mol.